The van der Waals surface area contributed by atoms with Gasteiger partial charge in [-0.05, 0) is 30.7 Å². The minimum atomic E-state index is -4.92. The molecule has 0 aliphatic carbocycles. The fourth-order valence-electron chi connectivity index (χ4n) is 3.20. The first-order valence-electron chi connectivity index (χ1n) is 8.96. The summed E-state index contributed by atoms with van der Waals surface area (Å²) in [5, 5.41) is 3.64. The number of hydrazine groups is 1. The quantitative estimate of drug-likeness (QED) is 0.712. The lowest BCUT2D eigenvalue weighted by atomic mass is 10.1. The molecule has 12 heteroatoms. The predicted octanol–water partition coefficient (Wildman–Crippen LogP) is 3.54. The van der Waals surface area contributed by atoms with Gasteiger partial charge in [-0.15, -0.1) is 0 Å². The maximum Gasteiger partial charge on any atom is 0.418 e. The van der Waals surface area contributed by atoms with Crippen LogP contribution in [0.5, 0.6) is 0 Å². The number of alkyl halides is 3. The zero-order valence-electron chi connectivity index (χ0n) is 16.1. The summed E-state index contributed by atoms with van der Waals surface area (Å²) in [4.78, 5) is 25.4. The minimum Gasteiger partial charge on any atom is -0.303 e. The molecule has 0 bridgehead atoms. The molecule has 2 aromatic rings. The number of halogens is 4. The van der Waals surface area contributed by atoms with Crippen molar-refractivity contribution in [2.45, 2.75) is 17.5 Å². The second-order valence-corrected chi connectivity index (χ2v) is 8.75. The molecular weight excluding hydrogens is 442 g/mol. The molecular formula is C19H17F4N3O4S. The SMILES string of the molecule is CS(=O)(=O)c1ccccc1C(=O)N1CCCN1C(=O)Nc1c(F)cccc1C(F)(F)F. The Kier molecular flexibility index (Phi) is 5.94. The summed E-state index contributed by atoms with van der Waals surface area (Å²) in [6, 6.07) is 6.47. The van der Waals surface area contributed by atoms with Gasteiger partial charge in [0.05, 0.1) is 21.7 Å². The van der Waals surface area contributed by atoms with Crippen LogP contribution in [0.4, 0.5) is 28.0 Å². The molecule has 1 fully saturated rings. The number of nitrogens with zero attached hydrogens (tertiary/aromatic N) is 2. The van der Waals surface area contributed by atoms with Gasteiger partial charge in [-0.2, -0.15) is 13.2 Å². The Morgan fingerprint density at radius 2 is 1.65 bits per heavy atom. The second-order valence-electron chi connectivity index (χ2n) is 6.76. The van der Waals surface area contributed by atoms with Gasteiger partial charge < -0.3 is 5.32 Å². The molecule has 0 saturated carbocycles. The molecule has 1 heterocycles. The number of anilines is 1. The summed E-state index contributed by atoms with van der Waals surface area (Å²) in [6.45, 7) is -0.0117. The molecule has 1 saturated heterocycles. The molecule has 1 N–H and O–H groups in total. The van der Waals surface area contributed by atoms with Crippen molar-refractivity contribution in [3.63, 3.8) is 0 Å². The number of nitrogens with one attached hydrogen (secondary N) is 1. The highest BCUT2D eigenvalue weighted by atomic mass is 32.2. The summed E-state index contributed by atoms with van der Waals surface area (Å²) in [5.74, 6) is -2.11. The van der Waals surface area contributed by atoms with E-state index in [1.165, 1.54) is 24.3 Å². The van der Waals surface area contributed by atoms with Gasteiger partial charge in [-0.3, -0.25) is 4.79 Å². The average molecular weight is 459 g/mol. The van der Waals surface area contributed by atoms with Crippen LogP contribution in [0, 0.1) is 5.82 Å². The fourth-order valence-corrected chi connectivity index (χ4v) is 4.08. The maximum absolute atomic E-state index is 14.1. The first kappa shape index (κ1) is 22.5. The Bertz CT molecular complexity index is 1140. The van der Waals surface area contributed by atoms with Gasteiger partial charge in [-0.1, -0.05) is 18.2 Å². The Balaban J connectivity index is 1.91. The largest absolute Gasteiger partial charge is 0.418 e. The molecule has 1 aliphatic rings. The van der Waals surface area contributed by atoms with E-state index in [1.54, 1.807) is 0 Å². The predicted molar refractivity (Wildman–Crippen MR) is 102 cm³/mol. The van der Waals surface area contributed by atoms with Crippen LogP contribution in [-0.2, 0) is 16.0 Å². The van der Waals surface area contributed by atoms with Gasteiger partial charge in [0.15, 0.2) is 9.84 Å². The molecule has 0 aromatic heterocycles. The minimum absolute atomic E-state index is 0.0216. The Labute approximate surface area is 175 Å². The van der Waals surface area contributed by atoms with Crippen molar-refractivity contribution in [3.05, 3.63) is 59.4 Å². The number of para-hydroxylation sites is 1. The van der Waals surface area contributed by atoms with E-state index in [0.717, 1.165) is 28.4 Å². The van der Waals surface area contributed by atoms with Crippen molar-refractivity contribution in [2.75, 3.05) is 24.7 Å². The van der Waals surface area contributed by atoms with Gasteiger partial charge >= 0.3 is 12.2 Å². The van der Waals surface area contributed by atoms with Crippen LogP contribution in [0.3, 0.4) is 0 Å². The molecule has 2 aromatic carbocycles. The third kappa shape index (κ3) is 4.63. The number of benzene rings is 2. The zero-order chi connectivity index (χ0) is 23.0. The van der Waals surface area contributed by atoms with Gasteiger partial charge in [-0.25, -0.2) is 27.6 Å². The molecule has 3 amide bonds. The fraction of sp³-hybridized carbons (Fsp3) is 0.263. The molecule has 0 atom stereocenters. The summed E-state index contributed by atoms with van der Waals surface area (Å²) >= 11 is 0. The van der Waals surface area contributed by atoms with Crippen LogP contribution >= 0.6 is 0 Å². The van der Waals surface area contributed by atoms with Crippen LogP contribution in [0.15, 0.2) is 47.4 Å². The monoisotopic (exact) mass is 459 g/mol. The smallest absolute Gasteiger partial charge is 0.303 e. The standard InChI is InChI=1S/C19H17F4N3O4S/c1-31(29,30)15-9-3-2-6-12(15)17(27)25-10-5-11-26(25)18(28)24-16-13(19(21,22)23)7-4-8-14(16)20/h2-4,6-9H,5,10-11H2,1H3,(H,24,28). The second kappa shape index (κ2) is 8.17. The van der Waals surface area contributed by atoms with E-state index in [0.29, 0.717) is 12.5 Å². The van der Waals surface area contributed by atoms with Crippen molar-refractivity contribution < 1.29 is 35.6 Å². The van der Waals surface area contributed by atoms with E-state index in [2.05, 4.69) is 0 Å². The lowest BCUT2D eigenvalue weighted by Crippen LogP contribution is -2.47. The number of carbonyl (C=O) groups is 2. The average Bonchev–Trinajstić information content (AvgIpc) is 3.17. The molecule has 0 unspecified atom stereocenters. The topological polar surface area (TPSA) is 86.8 Å². The number of hydrogen-bond acceptors (Lipinski definition) is 4. The molecule has 0 radical (unpaired) electrons. The van der Waals surface area contributed by atoms with Crippen molar-refractivity contribution in [1.82, 2.24) is 10.0 Å². The molecule has 3 rings (SSSR count). The lowest BCUT2D eigenvalue weighted by molar-refractivity contribution is -0.137. The van der Waals surface area contributed by atoms with E-state index in [9.17, 15) is 35.6 Å². The number of urea groups is 1. The van der Waals surface area contributed by atoms with Gasteiger partial charge in [0.25, 0.3) is 5.91 Å². The van der Waals surface area contributed by atoms with E-state index in [-0.39, 0.29) is 23.5 Å². The number of carbonyl (C=O) groups excluding carboxylic acids is 2. The van der Waals surface area contributed by atoms with Crippen LogP contribution in [0.1, 0.15) is 22.3 Å². The van der Waals surface area contributed by atoms with Crippen LogP contribution in [0.25, 0.3) is 0 Å². The van der Waals surface area contributed by atoms with E-state index in [1.807, 2.05) is 5.32 Å². The van der Waals surface area contributed by atoms with Gasteiger partial charge in [0.2, 0.25) is 0 Å². The molecule has 166 valence electrons. The van der Waals surface area contributed by atoms with Crippen LogP contribution in [0.2, 0.25) is 0 Å². The van der Waals surface area contributed by atoms with E-state index >= 15 is 0 Å². The Morgan fingerprint density at radius 3 is 2.29 bits per heavy atom. The summed E-state index contributed by atoms with van der Waals surface area (Å²) in [6.07, 6.45) is -3.70. The highest BCUT2D eigenvalue weighted by molar-refractivity contribution is 7.90. The highest BCUT2D eigenvalue weighted by Crippen LogP contribution is 2.36. The highest BCUT2D eigenvalue weighted by Gasteiger charge is 2.38. The third-order valence-corrected chi connectivity index (χ3v) is 5.72. The zero-order valence-corrected chi connectivity index (χ0v) is 16.9. The first-order chi connectivity index (χ1) is 14.4. The van der Waals surface area contributed by atoms with Crippen molar-refractivity contribution in [1.29, 1.82) is 0 Å². The number of hydrogen-bond donors (Lipinski definition) is 1. The number of rotatable bonds is 3. The van der Waals surface area contributed by atoms with Crippen molar-refractivity contribution in [2.24, 2.45) is 0 Å². The van der Waals surface area contributed by atoms with Crippen LogP contribution < -0.4 is 5.32 Å². The Hall–Kier alpha value is -3.15. The summed E-state index contributed by atoms with van der Waals surface area (Å²) < 4.78 is 77.6. The molecule has 31 heavy (non-hydrogen) atoms. The molecule has 0 spiro atoms. The van der Waals surface area contributed by atoms with E-state index < -0.39 is 45.0 Å². The van der Waals surface area contributed by atoms with Gasteiger partial charge in [0, 0.05) is 19.3 Å². The number of sulfone groups is 1. The summed E-state index contributed by atoms with van der Waals surface area (Å²) in [7, 11) is -3.76. The van der Waals surface area contributed by atoms with Gasteiger partial charge in [0.1, 0.15) is 5.82 Å². The third-order valence-electron chi connectivity index (χ3n) is 4.57. The van der Waals surface area contributed by atoms with Crippen molar-refractivity contribution in [3.8, 4) is 0 Å². The lowest BCUT2D eigenvalue weighted by Gasteiger charge is -2.29. The molecule has 7 nitrogen and oxygen atoms in total. The van der Waals surface area contributed by atoms with Crippen LogP contribution in [-0.4, -0.2) is 49.7 Å². The summed E-state index contributed by atoms with van der Waals surface area (Å²) in [5.41, 5.74) is -2.62. The van der Waals surface area contributed by atoms with E-state index in [4.69, 9.17) is 0 Å². The Morgan fingerprint density at radius 1 is 1.00 bits per heavy atom. The van der Waals surface area contributed by atoms with Crippen molar-refractivity contribution >= 4 is 27.5 Å². The maximum atomic E-state index is 14.1. The normalized spacial score (nSPS) is 14.6. The molecule has 1 aliphatic heterocycles. The first-order valence-corrected chi connectivity index (χ1v) is 10.9. The number of amides is 3.